The maximum Gasteiger partial charge on any atom is 0.163 e. The fourth-order valence-electron chi connectivity index (χ4n) is 5.04. The van der Waals surface area contributed by atoms with Gasteiger partial charge < -0.3 is 14.4 Å². The van der Waals surface area contributed by atoms with Crippen molar-refractivity contribution in [1.82, 2.24) is 10.9 Å². The van der Waals surface area contributed by atoms with E-state index < -0.39 is 0 Å². The Hall–Kier alpha value is -2.80. The summed E-state index contributed by atoms with van der Waals surface area (Å²) in [6.45, 7) is 2.70. The molecule has 7 heteroatoms. The molecule has 0 bridgehead atoms. The second kappa shape index (κ2) is 7.96. The lowest BCUT2D eigenvalue weighted by Crippen LogP contribution is -2.39. The van der Waals surface area contributed by atoms with Gasteiger partial charge in [0, 0.05) is 35.8 Å². The fraction of sp³-hybridized carbons (Fsp3) is 0.280. The molecule has 1 fully saturated rings. The van der Waals surface area contributed by atoms with Gasteiger partial charge >= 0.3 is 0 Å². The molecule has 0 aliphatic carbocycles. The zero-order valence-electron chi connectivity index (χ0n) is 17.4. The molecule has 1 saturated heterocycles. The maximum absolute atomic E-state index is 13.5. The predicted molar refractivity (Wildman–Crippen MR) is 122 cm³/mol. The standard InChI is InChI=1S/C25H23ClFN3O2/c26-17-5-1-15(2-6-17)13-30-14-20-24(16-3-7-18(27)8-4-16)28-29-25(20)19-11-22-23(12-21(19)30)32-10-9-31-22/h1-8,11-12,20,24-25,28-29H,9-10,13-14H2. The Morgan fingerprint density at radius 3 is 2.34 bits per heavy atom. The number of rotatable bonds is 3. The lowest BCUT2D eigenvalue weighted by molar-refractivity contribution is 0.171. The molecule has 3 aromatic rings. The van der Waals surface area contributed by atoms with Crippen molar-refractivity contribution >= 4 is 17.3 Å². The van der Waals surface area contributed by atoms with E-state index in [9.17, 15) is 4.39 Å². The van der Waals surface area contributed by atoms with Crippen LogP contribution in [0.3, 0.4) is 0 Å². The van der Waals surface area contributed by atoms with Gasteiger partial charge in [0.05, 0.1) is 12.1 Å². The monoisotopic (exact) mass is 451 g/mol. The zero-order valence-corrected chi connectivity index (χ0v) is 18.1. The average molecular weight is 452 g/mol. The molecule has 164 valence electrons. The van der Waals surface area contributed by atoms with Gasteiger partial charge in [0.15, 0.2) is 11.5 Å². The number of ether oxygens (including phenoxy) is 2. The van der Waals surface area contributed by atoms with E-state index in [1.54, 1.807) is 0 Å². The molecule has 5 nitrogen and oxygen atoms in total. The molecule has 3 aliphatic heterocycles. The lowest BCUT2D eigenvalue weighted by Gasteiger charge is -2.40. The summed E-state index contributed by atoms with van der Waals surface area (Å²) in [4.78, 5) is 2.39. The Morgan fingerprint density at radius 2 is 1.59 bits per heavy atom. The molecule has 0 aromatic heterocycles. The Morgan fingerprint density at radius 1 is 0.906 bits per heavy atom. The van der Waals surface area contributed by atoms with Crippen LogP contribution in [0.1, 0.15) is 28.8 Å². The van der Waals surface area contributed by atoms with Crippen LogP contribution in [0.4, 0.5) is 10.1 Å². The molecular formula is C25H23ClFN3O2. The van der Waals surface area contributed by atoms with Crippen LogP contribution in [-0.2, 0) is 6.54 Å². The van der Waals surface area contributed by atoms with Crippen LogP contribution in [0, 0.1) is 11.7 Å². The van der Waals surface area contributed by atoms with E-state index in [2.05, 4.69) is 40.0 Å². The summed E-state index contributed by atoms with van der Waals surface area (Å²) in [6.07, 6.45) is 0. The molecule has 2 N–H and O–H groups in total. The highest BCUT2D eigenvalue weighted by atomic mass is 35.5. The minimum Gasteiger partial charge on any atom is -0.486 e. The largest absolute Gasteiger partial charge is 0.486 e. The number of halogens is 2. The smallest absolute Gasteiger partial charge is 0.163 e. The molecule has 0 saturated carbocycles. The van der Waals surface area contributed by atoms with Gasteiger partial charge in [-0.1, -0.05) is 35.9 Å². The van der Waals surface area contributed by atoms with Crippen molar-refractivity contribution in [2.75, 3.05) is 24.7 Å². The second-order valence-corrected chi connectivity index (χ2v) is 8.96. The molecule has 3 heterocycles. The van der Waals surface area contributed by atoms with Gasteiger partial charge in [0.2, 0.25) is 0 Å². The molecule has 0 amide bonds. The molecule has 0 radical (unpaired) electrons. The van der Waals surface area contributed by atoms with Gasteiger partial charge in [-0.3, -0.25) is 0 Å². The lowest BCUT2D eigenvalue weighted by atomic mass is 9.81. The van der Waals surface area contributed by atoms with Crippen molar-refractivity contribution in [3.8, 4) is 11.5 Å². The molecule has 3 aliphatic rings. The number of nitrogens with zero attached hydrogens (tertiary/aromatic N) is 1. The van der Waals surface area contributed by atoms with Crippen molar-refractivity contribution in [3.63, 3.8) is 0 Å². The Labute approximate surface area is 191 Å². The summed E-state index contributed by atoms with van der Waals surface area (Å²) in [5, 5.41) is 0.730. The molecule has 3 aromatic carbocycles. The predicted octanol–water partition coefficient (Wildman–Crippen LogP) is 4.78. The maximum atomic E-state index is 13.5. The summed E-state index contributed by atoms with van der Waals surface area (Å²) in [5.74, 6) is 1.60. The first-order valence-electron chi connectivity index (χ1n) is 10.9. The molecular weight excluding hydrogens is 429 g/mol. The minimum atomic E-state index is -0.224. The van der Waals surface area contributed by atoms with E-state index in [1.807, 2.05) is 24.3 Å². The summed E-state index contributed by atoms with van der Waals surface area (Å²) in [6, 6.07) is 19.1. The average Bonchev–Trinajstić information content (AvgIpc) is 3.24. The molecule has 6 rings (SSSR count). The number of anilines is 1. The quantitative estimate of drug-likeness (QED) is 0.600. The van der Waals surface area contributed by atoms with E-state index in [0.717, 1.165) is 40.9 Å². The number of hydrazine groups is 1. The number of benzene rings is 3. The topological polar surface area (TPSA) is 45.8 Å². The van der Waals surface area contributed by atoms with Crippen LogP contribution in [0.15, 0.2) is 60.7 Å². The summed E-state index contributed by atoms with van der Waals surface area (Å²) >= 11 is 6.10. The van der Waals surface area contributed by atoms with Crippen molar-refractivity contribution in [3.05, 3.63) is 88.2 Å². The highest BCUT2D eigenvalue weighted by molar-refractivity contribution is 6.30. The van der Waals surface area contributed by atoms with E-state index in [4.69, 9.17) is 21.1 Å². The van der Waals surface area contributed by atoms with Gasteiger partial charge in [-0.15, -0.1) is 0 Å². The third-order valence-corrected chi connectivity index (χ3v) is 6.82. The van der Waals surface area contributed by atoms with Gasteiger partial charge in [-0.05, 0) is 47.0 Å². The van der Waals surface area contributed by atoms with Gasteiger partial charge in [0.1, 0.15) is 19.0 Å². The number of nitrogens with one attached hydrogen (secondary N) is 2. The summed E-state index contributed by atoms with van der Waals surface area (Å²) in [7, 11) is 0. The van der Waals surface area contributed by atoms with Gasteiger partial charge in [0.25, 0.3) is 0 Å². The van der Waals surface area contributed by atoms with Crippen LogP contribution in [0.5, 0.6) is 11.5 Å². The highest BCUT2D eigenvalue weighted by Gasteiger charge is 2.44. The third-order valence-electron chi connectivity index (χ3n) is 6.56. The SMILES string of the molecule is Fc1ccc(C2NNC3c4cc5c(cc4N(Cc4ccc(Cl)cc4)CC23)OCCO5)cc1. The van der Waals surface area contributed by atoms with Crippen LogP contribution in [0.25, 0.3) is 0 Å². The number of hydrogen-bond acceptors (Lipinski definition) is 5. The van der Waals surface area contributed by atoms with Crippen LogP contribution >= 0.6 is 11.6 Å². The summed E-state index contributed by atoms with van der Waals surface area (Å²) in [5.41, 5.74) is 11.5. The number of hydrogen-bond donors (Lipinski definition) is 2. The van der Waals surface area contributed by atoms with Crippen LogP contribution in [-0.4, -0.2) is 19.8 Å². The van der Waals surface area contributed by atoms with E-state index in [-0.39, 0.29) is 23.8 Å². The van der Waals surface area contributed by atoms with Gasteiger partial charge in [-0.2, -0.15) is 0 Å². The third kappa shape index (κ3) is 3.48. The van der Waals surface area contributed by atoms with E-state index >= 15 is 0 Å². The van der Waals surface area contributed by atoms with Gasteiger partial charge in [-0.25, -0.2) is 15.2 Å². The van der Waals surface area contributed by atoms with Crippen molar-refractivity contribution in [2.24, 2.45) is 5.92 Å². The molecule has 3 unspecified atom stereocenters. The number of fused-ring (bicyclic) bond motifs is 4. The molecule has 32 heavy (non-hydrogen) atoms. The second-order valence-electron chi connectivity index (χ2n) is 8.52. The fourth-order valence-corrected chi connectivity index (χ4v) is 5.16. The van der Waals surface area contributed by atoms with Crippen LogP contribution < -0.4 is 25.2 Å². The van der Waals surface area contributed by atoms with Crippen molar-refractivity contribution in [1.29, 1.82) is 0 Å². The Bertz CT molecular complexity index is 1140. The summed E-state index contributed by atoms with van der Waals surface area (Å²) < 4.78 is 25.3. The van der Waals surface area contributed by atoms with Crippen LogP contribution in [0.2, 0.25) is 5.02 Å². The first-order valence-corrected chi connectivity index (χ1v) is 11.2. The van der Waals surface area contributed by atoms with Crippen molar-refractivity contribution in [2.45, 2.75) is 18.6 Å². The first-order chi connectivity index (χ1) is 15.7. The Balaban J connectivity index is 1.40. The molecule has 3 atom stereocenters. The van der Waals surface area contributed by atoms with E-state index in [0.29, 0.717) is 13.2 Å². The van der Waals surface area contributed by atoms with E-state index in [1.165, 1.54) is 23.3 Å². The zero-order chi connectivity index (χ0) is 21.7. The van der Waals surface area contributed by atoms with Crippen molar-refractivity contribution < 1.29 is 13.9 Å². The Kier molecular flexibility index (Phi) is 4.94. The first kappa shape index (κ1) is 19.9. The normalized spacial score (nSPS) is 23.6. The minimum absolute atomic E-state index is 0.0645. The molecule has 0 spiro atoms. The highest BCUT2D eigenvalue weighted by Crippen LogP contribution is 2.49.